The van der Waals surface area contributed by atoms with Gasteiger partial charge in [-0.1, -0.05) is 18.5 Å². The van der Waals surface area contributed by atoms with Crippen LogP contribution in [0.3, 0.4) is 0 Å². The molecule has 0 radical (unpaired) electrons. The number of nitrogens with two attached hydrogens (primary N) is 1. The van der Waals surface area contributed by atoms with Crippen molar-refractivity contribution in [1.82, 2.24) is 0 Å². The number of halogens is 1. The van der Waals surface area contributed by atoms with Gasteiger partial charge in [0.2, 0.25) is 6.79 Å². The van der Waals surface area contributed by atoms with Gasteiger partial charge in [-0.25, -0.2) is 0 Å². The lowest BCUT2D eigenvalue weighted by Crippen LogP contribution is -2.34. The van der Waals surface area contributed by atoms with Crippen molar-refractivity contribution in [1.29, 1.82) is 0 Å². The van der Waals surface area contributed by atoms with E-state index in [9.17, 15) is 0 Å². The van der Waals surface area contributed by atoms with Crippen LogP contribution in [0.15, 0.2) is 6.07 Å². The molecule has 1 aromatic carbocycles. The van der Waals surface area contributed by atoms with Gasteiger partial charge in [-0.2, -0.15) is 0 Å². The Bertz CT molecular complexity index is 438. The molecule has 3 nitrogen and oxygen atoms in total. The summed E-state index contributed by atoms with van der Waals surface area (Å²) in [6.45, 7) is 6.34. The SMILES string of the molecule is CCc1c(CC(C)(C)N)c(Cl)cc2c1OCO2. The van der Waals surface area contributed by atoms with Crippen LogP contribution in [0.4, 0.5) is 0 Å². The van der Waals surface area contributed by atoms with Crippen LogP contribution >= 0.6 is 11.6 Å². The molecule has 1 aromatic rings. The zero-order chi connectivity index (χ0) is 12.6. The molecule has 0 aliphatic carbocycles. The van der Waals surface area contributed by atoms with Gasteiger partial charge in [0.15, 0.2) is 11.5 Å². The normalized spacial score (nSPS) is 14.2. The third-order valence-corrected chi connectivity index (χ3v) is 3.15. The van der Waals surface area contributed by atoms with Gasteiger partial charge in [0.1, 0.15) is 0 Å². The Balaban J connectivity index is 2.51. The van der Waals surface area contributed by atoms with Crippen molar-refractivity contribution in [3.8, 4) is 11.5 Å². The van der Waals surface area contributed by atoms with Crippen molar-refractivity contribution in [3.63, 3.8) is 0 Å². The van der Waals surface area contributed by atoms with E-state index in [2.05, 4.69) is 6.92 Å². The first-order chi connectivity index (χ1) is 7.92. The first-order valence-electron chi connectivity index (χ1n) is 5.81. The van der Waals surface area contributed by atoms with Crippen LogP contribution in [0.2, 0.25) is 5.02 Å². The molecule has 2 N–H and O–H groups in total. The number of fused-ring (bicyclic) bond motifs is 1. The minimum Gasteiger partial charge on any atom is -0.454 e. The van der Waals surface area contributed by atoms with E-state index < -0.39 is 0 Å². The maximum Gasteiger partial charge on any atom is 0.231 e. The van der Waals surface area contributed by atoms with E-state index in [1.807, 2.05) is 19.9 Å². The van der Waals surface area contributed by atoms with Crippen LogP contribution in [0.5, 0.6) is 11.5 Å². The summed E-state index contributed by atoms with van der Waals surface area (Å²) in [6.07, 6.45) is 1.59. The molecule has 1 heterocycles. The van der Waals surface area contributed by atoms with Crippen LogP contribution < -0.4 is 15.2 Å². The summed E-state index contributed by atoms with van der Waals surface area (Å²) < 4.78 is 10.9. The summed E-state index contributed by atoms with van der Waals surface area (Å²) in [5, 5.41) is 0.713. The Kier molecular flexibility index (Phi) is 3.23. The average molecular weight is 256 g/mol. The van der Waals surface area contributed by atoms with Gasteiger partial charge in [0, 0.05) is 22.2 Å². The number of rotatable bonds is 3. The second-order valence-electron chi connectivity index (χ2n) is 5.07. The minimum absolute atomic E-state index is 0.272. The van der Waals surface area contributed by atoms with Gasteiger partial charge in [-0.15, -0.1) is 0 Å². The van der Waals surface area contributed by atoms with Crippen molar-refractivity contribution in [3.05, 3.63) is 22.2 Å². The van der Waals surface area contributed by atoms with E-state index in [0.29, 0.717) is 5.02 Å². The topological polar surface area (TPSA) is 44.5 Å². The van der Waals surface area contributed by atoms with Crippen LogP contribution in [0.1, 0.15) is 31.9 Å². The molecule has 1 aliphatic rings. The van der Waals surface area contributed by atoms with Crippen LogP contribution in [0.25, 0.3) is 0 Å². The number of hydrogen-bond donors (Lipinski definition) is 1. The predicted octanol–water partition coefficient (Wildman–Crippen LogP) is 2.91. The molecule has 2 rings (SSSR count). The van der Waals surface area contributed by atoms with Crippen molar-refractivity contribution in [2.24, 2.45) is 5.73 Å². The molecule has 17 heavy (non-hydrogen) atoms. The van der Waals surface area contributed by atoms with Crippen LogP contribution in [0, 0.1) is 0 Å². The molecule has 4 heteroatoms. The molecule has 94 valence electrons. The first-order valence-corrected chi connectivity index (χ1v) is 6.19. The third-order valence-electron chi connectivity index (χ3n) is 2.81. The molecule has 0 saturated heterocycles. The fourth-order valence-corrected chi connectivity index (χ4v) is 2.42. The lowest BCUT2D eigenvalue weighted by molar-refractivity contribution is 0.173. The van der Waals surface area contributed by atoms with Crippen molar-refractivity contribution >= 4 is 11.6 Å². The monoisotopic (exact) mass is 255 g/mol. The fourth-order valence-electron chi connectivity index (χ4n) is 2.14. The molecule has 1 aliphatic heterocycles. The molecule has 0 aromatic heterocycles. The third kappa shape index (κ3) is 2.50. The fraction of sp³-hybridized carbons (Fsp3) is 0.538. The van der Waals surface area contributed by atoms with Crippen LogP contribution in [-0.2, 0) is 12.8 Å². The Hall–Kier alpha value is -0.930. The Morgan fingerprint density at radius 1 is 1.35 bits per heavy atom. The molecule has 0 bridgehead atoms. The highest BCUT2D eigenvalue weighted by molar-refractivity contribution is 6.31. The molecular weight excluding hydrogens is 238 g/mol. The Morgan fingerprint density at radius 3 is 2.65 bits per heavy atom. The zero-order valence-electron chi connectivity index (χ0n) is 10.5. The molecule has 0 spiro atoms. The number of hydrogen-bond acceptors (Lipinski definition) is 3. The molecular formula is C13H18ClNO2. The van der Waals surface area contributed by atoms with Gasteiger partial charge in [0.25, 0.3) is 0 Å². The largest absolute Gasteiger partial charge is 0.454 e. The van der Waals surface area contributed by atoms with Gasteiger partial charge in [-0.3, -0.25) is 0 Å². The zero-order valence-corrected chi connectivity index (χ0v) is 11.2. The number of benzene rings is 1. The van der Waals surface area contributed by atoms with Crippen LogP contribution in [-0.4, -0.2) is 12.3 Å². The van der Waals surface area contributed by atoms with Crippen molar-refractivity contribution < 1.29 is 9.47 Å². The van der Waals surface area contributed by atoms with Gasteiger partial charge in [0.05, 0.1) is 0 Å². The summed E-state index contributed by atoms with van der Waals surface area (Å²) in [5.41, 5.74) is 7.97. The second kappa shape index (κ2) is 4.39. The molecule has 0 unspecified atom stereocenters. The summed E-state index contributed by atoms with van der Waals surface area (Å²) >= 11 is 6.31. The maximum atomic E-state index is 6.31. The highest BCUT2D eigenvalue weighted by atomic mass is 35.5. The van der Waals surface area contributed by atoms with E-state index in [-0.39, 0.29) is 12.3 Å². The maximum absolute atomic E-state index is 6.31. The second-order valence-corrected chi connectivity index (χ2v) is 5.48. The van der Waals surface area contributed by atoms with Crippen molar-refractivity contribution in [2.75, 3.05) is 6.79 Å². The summed E-state index contributed by atoms with van der Waals surface area (Å²) in [6, 6.07) is 1.82. The average Bonchev–Trinajstić information content (AvgIpc) is 2.64. The summed E-state index contributed by atoms with van der Waals surface area (Å²) in [4.78, 5) is 0. The first kappa shape index (κ1) is 12.5. The van der Waals surface area contributed by atoms with Crippen molar-refractivity contribution in [2.45, 2.75) is 39.2 Å². The highest BCUT2D eigenvalue weighted by Gasteiger charge is 2.25. The summed E-state index contributed by atoms with van der Waals surface area (Å²) in [5.74, 6) is 1.57. The molecule has 0 fully saturated rings. The minimum atomic E-state index is -0.290. The van der Waals surface area contributed by atoms with E-state index in [1.54, 1.807) is 0 Å². The molecule has 0 saturated carbocycles. The van der Waals surface area contributed by atoms with E-state index in [0.717, 1.165) is 35.5 Å². The molecule has 0 amide bonds. The van der Waals surface area contributed by atoms with E-state index in [4.69, 9.17) is 26.8 Å². The van der Waals surface area contributed by atoms with Gasteiger partial charge in [-0.05, 0) is 32.3 Å². The lowest BCUT2D eigenvalue weighted by atomic mass is 9.91. The predicted molar refractivity (Wildman–Crippen MR) is 68.9 cm³/mol. The highest BCUT2D eigenvalue weighted by Crippen LogP contribution is 2.42. The smallest absolute Gasteiger partial charge is 0.231 e. The quantitative estimate of drug-likeness (QED) is 0.903. The summed E-state index contributed by atoms with van der Waals surface area (Å²) in [7, 11) is 0. The standard InChI is InChI=1S/C13H18ClNO2/c1-4-8-9(6-13(2,3)15)10(14)5-11-12(8)17-7-16-11/h5H,4,6-7,15H2,1-3H3. The van der Waals surface area contributed by atoms with Gasteiger partial charge >= 0.3 is 0 Å². The molecule has 0 atom stereocenters. The van der Waals surface area contributed by atoms with E-state index in [1.165, 1.54) is 0 Å². The Morgan fingerprint density at radius 2 is 2.06 bits per heavy atom. The van der Waals surface area contributed by atoms with E-state index >= 15 is 0 Å². The number of ether oxygens (including phenoxy) is 2. The lowest BCUT2D eigenvalue weighted by Gasteiger charge is -2.22. The van der Waals surface area contributed by atoms with Gasteiger partial charge < -0.3 is 15.2 Å². The Labute approximate surface area is 107 Å².